The Morgan fingerprint density at radius 3 is 3.00 bits per heavy atom. The number of aliphatic hydroxyl groups excluding tert-OH is 1. The first-order chi connectivity index (χ1) is 8.35. The molecule has 2 aromatic heterocycles. The molecule has 2 rings (SSSR count). The number of hydrogen-bond donors (Lipinski definition) is 1. The molecule has 0 saturated carbocycles. The van der Waals surface area contributed by atoms with Crippen molar-refractivity contribution in [1.82, 2.24) is 19.7 Å². The SMILES string of the molecule is CCCn1c(CO)nnc1SCc1nccs1. The first-order valence-corrected chi connectivity index (χ1v) is 7.25. The van der Waals surface area contributed by atoms with Gasteiger partial charge >= 0.3 is 0 Å². The number of thiazole rings is 1. The van der Waals surface area contributed by atoms with Crippen LogP contribution in [0.4, 0.5) is 0 Å². The molecule has 7 heteroatoms. The van der Waals surface area contributed by atoms with Gasteiger partial charge in [-0.1, -0.05) is 18.7 Å². The molecule has 0 radical (unpaired) electrons. The monoisotopic (exact) mass is 270 g/mol. The highest BCUT2D eigenvalue weighted by molar-refractivity contribution is 7.98. The second kappa shape index (κ2) is 6.13. The first-order valence-electron chi connectivity index (χ1n) is 5.39. The zero-order valence-electron chi connectivity index (χ0n) is 9.54. The van der Waals surface area contributed by atoms with Crippen LogP contribution in [0.3, 0.4) is 0 Å². The molecular weight excluding hydrogens is 256 g/mol. The summed E-state index contributed by atoms with van der Waals surface area (Å²) in [5.74, 6) is 1.43. The zero-order chi connectivity index (χ0) is 12.1. The molecular formula is C10H14N4OS2. The Hall–Kier alpha value is -0.920. The third-order valence-electron chi connectivity index (χ3n) is 2.19. The van der Waals surface area contributed by atoms with E-state index < -0.39 is 0 Å². The van der Waals surface area contributed by atoms with Gasteiger partial charge in [0.2, 0.25) is 0 Å². The molecule has 92 valence electrons. The quantitative estimate of drug-likeness (QED) is 0.813. The highest BCUT2D eigenvalue weighted by Gasteiger charge is 2.11. The van der Waals surface area contributed by atoms with E-state index in [4.69, 9.17) is 5.11 Å². The lowest BCUT2D eigenvalue weighted by Crippen LogP contribution is -2.04. The minimum atomic E-state index is -0.0647. The fraction of sp³-hybridized carbons (Fsp3) is 0.500. The van der Waals surface area contributed by atoms with Gasteiger partial charge in [-0.15, -0.1) is 21.5 Å². The average Bonchev–Trinajstić information content (AvgIpc) is 2.96. The molecule has 0 aliphatic rings. The van der Waals surface area contributed by atoms with Crippen molar-refractivity contribution in [3.05, 3.63) is 22.4 Å². The Balaban J connectivity index is 2.06. The van der Waals surface area contributed by atoms with E-state index in [2.05, 4.69) is 22.1 Å². The van der Waals surface area contributed by atoms with Crippen molar-refractivity contribution in [2.45, 2.75) is 37.4 Å². The summed E-state index contributed by atoms with van der Waals surface area (Å²) in [4.78, 5) is 4.22. The maximum atomic E-state index is 9.17. The van der Waals surface area contributed by atoms with Crippen LogP contribution in [-0.4, -0.2) is 24.9 Å². The molecule has 0 aromatic carbocycles. The summed E-state index contributed by atoms with van der Waals surface area (Å²) < 4.78 is 1.97. The summed E-state index contributed by atoms with van der Waals surface area (Å²) in [6, 6.07) is 0. The number of nitrogens with zero attached hydrogens (tertiary/aromatic N) is 4. The summed E-state index contributed by atoms with van der Waals surface area (Å²) in [5, 5.41) is 21.1. The van der Waals surface area contributed by atoms with Gasteiger partial charge in [0.1, 0.15) is 11.6 Å². The van der Waals surface area contributed by atoms with Crippen molar-refractivity contribution < 1.29 is 5.11 Å². The van der Waals surface area contributed by atoms with Crippen LogP contribution in [0, 0.1) is 0 Å². The van der Waals surface area contributed by atoms with Crippen LogP contribution < -0.4 is 0 Å². The lowest BCUT2D eigenvalue weighted by Gasteiger charge is -2.06. The van der Waals surface area contributed by atoms with Gasteiger partial charge in [-0.2, -0.15) is 0 Å². The Morgan fingerprint density at radius 1 is 1.47 bits per heavy atom. The molecule has 0 amide bonds. The Morgan fingerprint density at radius 2 is 2.35 bits per heavy atom. The summed E-state index contributed by atoms with van der Waals surface area (Å²) in [5.41, 5.74) is 0. The van der Waals surface area contributed by atoms with Gasteiger partial charge in [0.25, 0.3) is 0 Å². The van der Waals surface area contributed by atoms with E-state index in [1.165, 1.54) is 0 Å². The molecule has 0 aliphatic heterocycles. The molecule has 0 bridgehead atoms. The largest absolute Gasteiger partial charge is 0.388 e. The van der Waals surface area contributed by atoms with Crippen molar-refractivity contribution in [3.8, 4) is 0 Å². The summed E-state index contributed by atoms with van der Waals surface area (Å²) in [7, 11) is 0. The summed E-state index contributed by atoms with van der Waals surface area (Å²) in [6.45, 7) is 2.87. The highest BCUT2D eigenvalue weighted by Crippen LogP contribution is 2.23. The highest BCUT2D eigenvalue weighted by atomic mass is 32.2. The normalized spacial score (nSPS) is 10.9. The Bertz CT molecular complexity index is 455. The van der Waals surface area contributed by atoms with Gasteiger partial charge in [-0.05, 0) is 6.42 Å². The van der Waals surface area contributed by atoms with Crippen LogP contribution in [0.5, 0.6) is 0 Å². The van der Waals surface area contributed by atoms with Gasteiger partial charge in [0.05, 0.1) is 5.75 Å². The predicted octanol–water partition coefficient (Wildman–Crippen LogP) is 1.93. The minimum Gasteiger partial charge on any atom is -0.388 e. The van der Waals surface area contributed by atoms with Gasteiger partial charge in [0.15, 0.2) is 11.0 Å². The number of rotatable bonds is 6. The summed E-state index contributed by atoms with van der Waals surface area (Å²) in [6.07, 6.45) is 2.80. The van der Waals surface area contributed by atoms with Crippen molar-refractivity contribution in [2.75, 3.05) is 0 Å². The fourth-order valence-electron chi connectivity index (χ4n) is 1.44. The second-order valence-electron chi connectivity index (χ2n) is 3.42. The third kappa shape index (κ3) is 3.05. The van der Waals surface area contributed by atoms with Crippen molar-refractivity contribution in [3.63, 3.8) is 0 Å². The maximum Gasteiger partial charge on any atom is 0.191 e. The number of aromatic nitrogens is 4. The lowest BCUT2D eigenvalue weighted by molar-refractivity contribution is 0.263. The molecule has 0 fully saturated rings. The lowest BCUT2D eigenvalue weighted by atomic mass is 10.4. The van der Waals surface area contributed by atoms with E-state index in [9.17, 15) is 0 Å². The van der Waals surface area contributed by atoms with E-state index in [-0.39, 0.29) is 6.61 Å². The van der Waals surface area contributed by atoms with Crippen LogP contribution in [0.25, 0.3) is 0 Å². The fourth-order valence-corrected chi connectivity index (χ4v) is 3.07. The molecule has 2 heterocycles. The van der Waals surface area contributed by atoms with Crippen LogP contribution in [0.1, 0.15) is 24.2 Å². The standard InChI is InChI=1S/C10H14N4OS2/c1-2-4-14-8(6-15)12-13-10(14)17-7-9-11-3-5-16-9/h3,5,15H,2,4,6-7H2,1H3. The second-order valence-corrected chi connectivity index (χ2v) is 5.34. The van der Waals surface area contributed by atoms with E-state index in [1.807, 2.05) is 9.95 Å². The van der Waals surface area contributed by atoms with E-state index in [0.29, 0.717) is 5.82 Å². The minimum absolute atomic E-state index is 0.0647. The van der Waals surface area contributed by atoms with Crippen LogP contribution in [0.2, 0.25) is 0 Å². The van der Waals surface area contributed by atoms with E-state index >= 15 is 0 Å². The van der Waals surface area contributed by atoms with Crippen LogP contribution in [-0.2, 0) is 18.9 Å². The first kappa shape index (κ1) is 12.5. The molecule has 0 aliphatic carbocycles. The topological polar surface area (TPSA) is 63.8 Å². The molecule has 17 heavy (non-hydrogen) atoms. The van der Waals surface area contributed by atoms with Crippen molar-refractivity contribution in [2.24, 2.45) is 0 Å². The molecule has 1 N–H and O–H groups in total. The molecule has 0 atom stereocenters. The van der Waals surface area contributed by atoms with Crippen molar-refractivity contribution >= 4 is 23.1 Å². The van der Waals surface area contributed by atoms with Crippen molar-refractivity contribution in [1.29, 1.82) is 0 Å². The number of thioether (sulfide) groups is 1. The predicted molar refractivity (Wildman–Crippen MR) is 67.9 cm³/mol. The van der Waals surface area contributed by atoms with Crippen LogP contribution in [0.15, 0.2) is 16.7 Å². The molecule has 0 unspecified atom stereocenters. The van der Waals surface area contributed by atoms with Gasteiger partial charge < -0.3 is 9.67 Å². The smallest absolute Gasteiger partial charge is 0.191 e. The number of hydrogen-bond acceptors (Lipinski definition) is 6. The van der Waals surface area contributed by atoms with Gasteiger partial charge in [-0.3, -0.25) is 0 Å². The van der Waals surface area contributed by atoms with Crippen LogP contribution >= 0.6 is 23.1 Å². The number of aliphatic hydroxyl groups is 1. The summed E-state index contributed by atoms with van der Waals surface area (Å²) >= 11 is 3.24. The molecule has 0 spiro atoms. The average molecular weight is 270 g/mol. The Kier molecular flexibility index (Phi) is 4.52. The van der Waals surface area contributed by atoms with E-state index in [0.717, 1.165) is 28.9 Å². The van der Waals surface area contributed by atoms with E-state index in [1.54, 1.807) is 29.3 Å². The molecule has 0 saturated heterocycles. The third-order valence-corrected chi connectivity index (χ3v) is 4.13. The Labute approximate surface area is 108 Å². The van der Waals surface area contributed by atoms with Gasteiger partial charge in [-0.25, -0.2) is 4.98 Å². The molecule has 2 aromatic rings. The zero-order valence-corrected chi connectivity index (χ0v) is 11.2. The molecule has 5 nitrogen and oxygen atoms in total. The van der Waals surface area contributed by atoms with Gasteiger partial charge in [0, 0.05) is 18.1 Å². The maximum absolute atomic E-state index is 9.17.